The average Bonchev–Trinajstić information content (AvgIpc) is 2.31. The minimum atomic E-state index is -0.272. The molecule has 3 nitrogen and oxygen atoms in total. The Morgan fingerprint density at radius 1 is 1.82 bits per heavy atom. The summed E-state index contributed by atoms with van der Waals surface area (Å²) in [5.74, 6) is -0.272. The molecule has 0 bridgehead atoms. The van der Waals surface area contributed by atoms with E-state index in [-0.39, 0.29) is 17.5 Å². The third-order valence-corrected chi connectivity index (χ3v) is 1.81. The maximum atomic E-state index is 10.4. The van der Waals surface area contributed by atoms with Gasteiger partial charge in [0.15, 0.2) is 0 Å². The molecule has 2 atom stereocenters. The van der Waals surface area contributed by atoms with Crippen LogP contribution in [0, 0.1) is 0 Å². The van der Waals surface area contributed by atoms with E-state index in [1.54, 1.807) is 0 Å². The number of hydrogen-bond acceptors (Lipinski definition) is 3. The normalized spacial score (nSPS) is 30.4. The molecule has 4 heteroatoms. The monoisotopic (exact) mass is 178 g/mol. The van der Waals surface area contributed by atoms with Crippen LogP contribution in [0.25, 0.3) is 0 Å². The highest BCUT2D eigenvalue weighted by molar-refractivity contribution is 6.20. The first kappa shape index (κ1) is 8.81. The van der Waals surface area contributed by atoms with Gasteiger partial charge in [-0.25, -0.2) is 0 Å². The Morgan fingerprint density at radius 2 is 2.55 bits per heavy atom. The van der Waals surface area contributed by atoms with Crippen molar-refractivity contribution in [1.82, 2.24) is 0 Å². The molecule has 0 aromatic carbocycles. The standard InChI is InChI=1S/C7H11ClO3/c1-5(9)10-4-7-2-6(8)3-11-7/h6-7H,2-4H2,1H3. The molecule has 1 rings (SSSR count). The topological polar surface area (TPSA) is 35.5 Å². The van der Waals surface area contributed by atoms with Crippen molar-refractivity contribution in [3.63, 3.8) is 0 Å². The number of carbonyl (C=O) groups is 1. The van der Waals surface area contributed by atoms with E-state index < -0.39 is 0 Å². The highest BCUT2D eigenvalue weighted by Crippen LogP contribution is 2.17. The number of hydrogen-bond donors (Lipinski definition) is 0. The van der Waals surface area contributed by atoms with Crippen LogP contribution in [0.5, 0.6) is 0 Å². The lowest BCUT2D eigenvalue weighted by molar-refractivity contribution is -0.144. The zero-order chi connectivity index (χ0) is 8.27. The summed E-state index contributed by atoms with van der Waals surface area (Å²) in [5.41, 5.74) is 0. The third-order valence-electron chi connectivity index (χ3n) is 1.50. The molecule has 1 saturated heterocycles. The van der Waals surface area contributed by atoms with Gasteiger partial charge in [-0.3, -0.25) is 4.79 Å². The highest BCUT2D eigenvalue weighted by atomic mass is 35.5. The quantitative estimate of drug-likeness (QED) is 0.467. The lowest BCUT2D eigenvalue weighted by atomic mass is 10.2. The lowest BCUT2D eigenvalue weighted by Crippen LogP contribution is -2.16. The van der Waals surface area contributed by atoms with E-state index in [0.29, 0.717) is 13.2 Å². The van der Waals surface area contributed by atoms with Gasteiger partial charge in [0.25, 0.3) is 0 Å². The fraction of sp³-hybridized carbons (Fsp3) is 0.857. The maximum absolute atomic E-state index is 10.4. The first-order chi connectivity index (χ1) is 5.18. The molecule has 0 radical (unpaired) electrons. The molecule has 0 aromatic heterocycles. The predicted octanol–water partition coefficient (Wildman–Crippen LogP) is 0.946. The smallest absolute Gasteiger partial charge is 0.302 e. The second-order valence-corrected chi connectivity index (χ2v) is 3.21. The van der Waals surface area contributed by atoms with Gasteiger partial charge in [-0.05, 0) is 6.42 Å². The van der Waals surface area contributed by atoms with Crippen LogP contribution in [-0.4, -0.2) is 30.7 Å². The number of esters is 1. The van der Waals surface area contributed by atoms with Gasteiger partial charge in [0.2, 0.25) is 0 Å². The first-order valence-electron chi connectivity index (χ1n) is 3.57. The second kappa shape index (κ2) is 3.93. The van der Waals surface area contributed by atoms with Crippen molar-refractivity contribution >= 4 is 17.6 Å². The fourth-order valence-electron chi connectivity index (χ4n) is 0.988. The van der Waals surface area contributed by atoms with E-state index in [4.69, 9.17) is 21.1 Å². The van der Waals surface area contributed by atoms with Crippen LogP contribution < -0.4 is 0 Å². The summed E-state index contributed by atoms with van der Waals surface area (Å²) >= 11 is 5.76. The molecule has 0 aromatic rings. The van der Waals surface area contributed by atoms with Crippen molar-refractivity contribution < 1.29 is 14.3 Å². The van der Waals surface area contributed by atoms with E-state index in [2.05, 4.69) is 0 Å². The highest BCUT2D eigenvalue weighted by Gasteiger charge is 2.24. The van der Waals surface area contributed by atoms with Crippen molar-refractivity contribution in [3.05, 3.63) is 0 Å². The Balaban J connectivity index is 2.13. The Bertz CT molecular complexity index is 149. The van der Waals surface area contributed by atoms with Gasteiger partial charge in [0, 0.05) is 6.92 Å². The van der Waals surface area contributed by atoms with Crippen LogP contribution in [0.15, 0.2) is 0 Å². The zero-order valence-corrected chi connectivity index (χ0v) is 7.13. The van der Waals surface area contributed by atoms with E-state index in [0.717, 1.165) is 6.42 Å². The minimum absolute atomic E-state index is 0.00130. The van der Waals surface area contributed by atoms with Crippen LogP contribution >= 0.6 is 11.6 Å². The number of carbonyl (C=O) groups excluding carboxylic acids is 1. The van der Waals surface area contributed by atoms with Gasteiger partial charge in [-0.15, -0.1) is 11.6 Å². The molecule has 0 amide bonds. The summed E-state index contributed by atoms with van der Waals surface area (Å²) in [6, 6.07) is 0. The predicted molar refractivity (Wildman–Crippen MR) is 40.6 cm³/mol. The van der Waals surface area contributed by atoms with Gasteiger partial charge in [-0.1, -0.05) is 0 Å². The molecule has 0 saturated carbocycles. The molecule has 1 aliphatic heterocycles. The Labute approximate surface area is 70.6 Å². The van der Waals surface area contributed by atoms with Crippen LogP contribution in [0.1, 0.15) is 13.3 Å². The minimum Gasteiger partial charge on any atom is -0.463 e. The first-order valence-corrected chi connectivity index (χ1v) is 4.01. The molecule has 11 heavy (non-hydrogen) atoms. The van der Waals surface area contributed by atoms with Gasteiger partial charge in [-0.2, -0.15) is 0 Å². The SMILES string of the molecule is CC(=O)OCC1CC(Cl)CO1. The van der Waals surface area contributed by atoms with Crippen molar-refractivity contribution in [2.45, 2.75) is 24.8 Å². The lowest BCUT2D eigenvalue weighted by Gasteiger charge is -2.07. The van der Waals surface area contributed by atoms with Crippen molar-refractivity contribution in [1.29, 1.82) is 0 Å². The molecule has 1 fully saturated rings. The molecule has 1 heterocycles. The largest absolute Gasteiger partial charge is 0.463 e. The molecular formula is C7H11ClO3. The van der Waals surface area contributed by atoms with Gasteiger partial charge >= 0.3 is 5.97 Å². The van der Waals surface area contributed by atoms with Crippen molar-refractivity contribution in [3.8, 4) is 0 Å². The van der Waals surface area contributed by atoms with Gasteiger partial charge < -0.3 is 9.47 Å². The summed E-state index contributed by atoms with van der Waals surface area (Å²) in [7, 11) is 0. The van der Waals surface area contributed by atoms with Gasteiger partial charge in [0.1, 0.15) is 6.61 Å². The van der Waals surface area contributed by atoms with E-state index in [1.165, 1.54) is 6.92 Å². The number of ether oxygens (including phenoxy) is 2. The second-order valence-electron chi connectivity index (χ2n) is 2.59. The molecular weight excluding hydrogens is 168 g/mol. The fourth-order valence-corrected chi connectivity index (χ4v) is 1.26. The van der Waals surface area contributed by atoms with E-state index in [1.807, 2.05) is 0 Å². The zero-order valence-electron chi connectivity index (χ0n) is 6.38. The Kier molecular flexibility index (Phi) is 3.15. The van der Waals surface area contributed by atoms with E-state index in [9.17, 15) is 4.79 Å². The molecule has 64 valence electrons. The van der Waals surface area contributed by atoms with Crippen molar-refractivity contribution in [2.24, 2.45) is 0 Å². The Hall–Kier alpha value is -0.280. The number of alkyl halides is 1. The average molecular weight is 179 g/mol. The molecule has 2 unspecified atom stereocenters. The van der Waals surface area contributed by atoms with Crippen LogP contribution in [0.3, 0.4) is 0 Å². The van der Waals surface area contributed by atoms with Crippen LogP contribution in [0.4, 0.5) is 0 Å². The molecule has 0 aliphatic carbocycles. The number of halogens is 1. The van der Waals surface area contributed by atoms with Crippen molar-refractivity contribution in [2.75, 3.05) is 13.2 Å². The third kappa shape index (κ3) is 3.08. The summed E-state index contributed by atoms with van der Waals surface area (Å²) < 4.78 is 9.96. The maximum Gasteiger partial charge on any atom is 0.302 e. The van der Waals surface area contributed by atoms with Gasteiger partial charge in [0.05, 0.1) is 18.1 Å². The van der Waals surface area contributed by atoms with Crippen LogP contribution in [0.2, 0.25) is 0 Å². The summed E-state index contributed by atoms with van der Waals surface area (Å²) in [4.78, 5) is 10.4. The number of rotatable bonds is 2. The van der Waals surface area contributed by atoms with Crippen LogP contribution in [-0.2, 0) is 14.3 Å². The summed E-state index contributed by atoms with van der Waals surface area (Å²) in [6.07, 6.45) is 0.774. The van der Waals surface area contributed by atoms with E-state index >= 15 is 0 Å². The molecule has 0 N–H and O–H groups in total. The summed E-state index contributed by atoms with van der Waals surface area (Å²) in [5, 5.41) is 0.0792. The summed E-state index contributed by atoms with van der Waals surface area (Å²) in [6.45, 7) is 2.28. The molecule has 1 aliphatic rings. The molecule has 0 spiro atoms. The Morgan fingerprint density at radius 3 is 3.00 bits per heavy atom.